The number of ketones is 1. The number of rotatable bonds is 9. The maximum Gasteiger partial charge on any atom is 0.241 e. The third-order valence-electron chi connectivity index (χ3n) is 4.75. The Kier molecular flexibility index (Phi) is 7.15. The highest BCUT2D eigenvalue weighted by molar-refractivity contribution is 7.89. The lowest BCUT2D eigenvalue weighted by atomic mass is 10.00. The highest BCUT2D eigenvalue weighted by atomic mass is 32.2. The Labute approximate surface area is 177 Å². The summed E-state index contributed by atoms with van der Waals surface area (Å²) in [4.78, 5) is 12.6. The Morgan fingerprint density at radius 1 is 0.900 bits per heavy atom. The third kappa shape index (κ3) is 5.63. The van der Waals surface area contributed by atoms with Crippen LogP contribution in [0.2, 0.25) is 0 Å². The van der Waals surface area contributed by atoms with E-state index in [4.69, 9.17) is 4.74 Å². The van der Waals surface area contributed by atoms with Crippen molar-refractivity contribution in [2.75, 3.05) is 0 Å². The number of carbonyl (C=O) groups excluding carboxylic acids is 1. The zero-order valence-corrected chi connectivity index (χ0v) is 17.8. The van der Waals surface area contributed by atoms with E-state index in [-0.39, 0.29) is 17.3 Å². The molecule has 3 aromatic rings. The molecule has 0 aromatic heterocycles. The number of aryl methyl sites for hydroxylation is 1. The van der Waals surface area contributed by atoms with Crippen LogP contribution in [-0.2, 0) is 26.2 Å². The maximum atomic E-state index is 13.1. The molecule has 0 saturated heterocycles. The molecule has 0 amide bonds. The molecule has 0 bridgehead atoms. The van der Waals surface area contributed by atoms with Crippen LogP contribution in [0.3, 0.4) is 0 Å². The number of carbonyl (C=O) groups is 1. The summed E-state index contributed by atoms with van der Waals surface area (Å²) in [7, 11) is -3.87. The van der Waals surface area contributed by atoms with Crippen LogP contribution < -0.4 is 4.72 Å². The zero-order valence-electron chi connectivity index (χ0n) is 17.0. The molecule has 2 unspecified atom stereocenters. The molecule has 0 aliphatic rings. The van der Waals surface area contributed by atoms with Gasteiger partial charge in [-0.3, -0.25) is 4.79 Å². The predicted octanol–water partition coefficient (Wildman–Crippen LogP) is 4.19. The van der Waals surface area contributed by atoms with Crippen LogP contribution in [0, 0.1) is 6.92 Å². The molecule has 0 aliphatic carbocycles. The molecule has 6 heteroatoms. The lowest BCUT2D eigenvalue weighted by molar-refractivity contribution is -0.131. The van der Waals surface area contributed by atoms with Crippen molar-refractivity contribution in [1.29, 1.82) is 0 Å². The van der Waals surface area contributed by atoms with Gasteiger partial charge in [0.1, 0.15) is 6.10 Å². The van der Waals surface area contributed by atoms with Gasteiger partial charge in [0, 0.05) is 0 Å². The Morgan fingerprint density at radius 2 is 1.47 bits per heavy atom. The van der Waals surface area contributed by atoms with Gasteiger partial charge < -0.3 is 4.74 Å². The van der Waals surface area contributed by atoms with Crippen molar-refractivity contribution < 1.29 is 17.9 Å². The Balaban J connectivity index is 1.92. The van der Waals surface area contributed by atoms with Gasteiger partial charge in [0.15, 0.2) is 5.78 Å². The van der Waals surface area contributed by atoms with E-state index < -0.39 is 22.2 Å². The minimum absolute atomic E-state index is 0.138. The maximum absolute atomic E-state index is 13.1. The largest absolute Gasteiger partial charge is 0.364 e. The van der Waals surface area contributed by atoms with Crippen molar-refractivity contribution in [3.05, 3.63) is 102 Å². The van der Waals surface area contributed by atoms with Crippen molar-refractivity contribution in [2.45, 2.75) is 37.5 Å². The Morgan fingerprint density at radius 3 is 2.03 bits per heavy atom. The van der Waals surface area contributed by atoms with Crippen LogP contribution in [0.5, 0.6) is 0 Å². The first-order valence-corrected chi connectivity index (χ1v) is 11.1. The lowest BCUT2D eigenvalue weighted by Gasteiger charge is -2.27. The smallest absolute Gasteiger partial charge is 0.241 e. The topological polar surface area (TPSA) is 72.5 Å². The predicted molar refractivity (Wildman–Crippen MR) is 116 cm³/mol. The molecular weight excluding hydrogens is 398 g/mol. The average Bonchev–Trinajstić information content (AvgIpc) is 2.74. The summed E-state index contributed by atoms with van der Waals surface area (Å²) in [6.07, 6.45) is -0.979. The second-order valence-electron chi connectivity index (χ2n) is 7.15. The summed E-state index contributed by atoms with van der Waals surface area (Å²) in [5.74, 6) is -0.258. The SMILES string of the molecule is CC(=O)C(OCc1ccccc1)C(NS(=O)(=O)c1ccc(C)cc1)c1ccccc1. The van der Waals surface area contributed by atoms with E-state index in [0.717, 1.165) is 11.1 Å². The van der Waals surface area contributed by atoms with Gasteiger partial charge in [-0.15, -0.1) is 0 Å². The van der Waals surface area contributed by atoms with Gasteiger partial charge in [-0.2, -0.15) is 0 Å². The van der Waals surface area contributed by atoms with Crippen LogP contribution in [0.1, 0.15) is 29.7 Å². The van der Waals surface area contributed by atoms with Crippen LogP contribution in [0.25, 0.3) is 0 Å². The minimum atomic E-state index is -3.87. The summed E-state index contributed by atoms with van der Waals surface area (Å²) >= 11 is 0. The number of Topliss-reactive ketones (excluding diaryl/α,β-unsaturated/α-hetero) is 1. The summed E-state index contributed by atoms with van der Waals surface area (Å²) in [6.45, 7) is 3.49. The number of benzene rings is 3. The first kappa shape index (κ1) is 21.9. The lowest BCUT2D eigenvalue weighted by Crippen LogP contribution is -2.41. The molecule has 5 nitrogen and oxygen atoms in total. The number of hydrogen-bond acceptors (Lipinski definition) is 4. The standard InChI is InChI=1S/C24H25NO4S/c1-18-13-15-22(16-14-18)30(27,28)25-23(21-11-7-4-8-12-21)24(19(2)26)29-17-20-9-5-3-6-10-20/h3-16,23-25H,17H2,1-2H3. The van der Waals surface area contributed by atoms with Crippen molar-refractivity contribution >= 4 is 15.8 Å². The van der Waals surface area contributed by atoms with Gasteiger partial charge in [-0.1, -0.05) is 78.4 Å². The number of ether oxygens (including phenoxy) is 1. The molecule has 3 rings (SSSR count). The number of sulfonamides is 1. The summed E-state index contributed by atoms with van der Waals surface area (Å²) in [5, 5.41) is 0. The Hall–Kier alpha value is -2.80. The van der Waals surface area contributed by atoms with Crippen LogP contribution in [0.15, 0.2) is 89.8 Å². The molecule has 0 heterocycles. The fourth-order valence-electron chi connectivity index (χ4n) is 3.13. The zero-order chi connectivity index (χ0) is 21.6. The molecule has 2 atom stereocenters. The van der Waals surface area contributed by atoms with E-state index in [1.54, 1.807) is 48.5 Å². The van der Waals surface area contributed by atoms with Crippen molar-refractivity contribution in [3.63, 3.8) is 0 Å². The molecule has 156 valence electrons. The molecule has 0 radical (unpaired) electrons. The summed E-state index contributed by atoms with van der Waals surface area (Å²) in [5.41, 5.74) is 2.51. The van der Waals surface area contributed by atoms with Crippen LogP contribution in [-0.4, -0.2) is 20.3 Å². The number of nitrogens with one attached hydrogen (secondary N) is 1. The van der Waals surface area contributed by atoms with Gasteiger partial charge in [0.25, 0.3) is 0 Å². The summed E-state index contributed by atoms with van der Waals surface area (Å²) < 4.78 is 34.7. The monoisotopic (exact) mass is 423 g/mol. The molecule has 3 aromatic carbocycles. The van der Waals surface area contributed by atoms with E-state index in [9.17, 15) is 13.2 Å². The van der Waals surface area contributed by atoms with Gasteiger partial charge in [-0.05, 0) is 37.1 Å². The number of hydrogen-bond donors (Lipinski definition) is 1. The Bertz CT molecular complexity index is 1070. The molecule has 0 fully saturated rings. The average molecular weight is 424 g/mol. The second kappa shape index (κ2) is 9.80. The van der Waals surface area contributed by atoms with Gasteiger partial charge >= 0.3 is 0 Å². The molecule has 1 N–H and O–H groups in total. The molecule has 0 spiro atoms. The first-order valence-electron chi connectivity index (χ1n) is 9.67. The van der Waals surface area contributed by atoms with E-state index in [1.807, 2.05) is 43.3 Å². The third-order valence-corrected chi connectivity index (χ3v) is 6.20. The van der Waals surface area contributed by atoms with Crippen molar-refractivity contribution in [1.82, 2.24) is 4.72 Å². The van der Waals surface area contributed by atoms with E-state index in [1.165, 1.54) is 6.92 Å². The second-order valence-corrected chi connectivity index (χ2v) is 8.86. The normalized spacial score (nSPS) is 13.5. The summed E-state index contributed by atoms with van der Waals surface area (Å²) in [6, 6.07) is 24.2. The highest BCUT2D eigenvalue weighted by Crippen LogP contribution is 2.24. The van der Waals surface area contributed by atoms with Crippen molar-refractivity contribution in [3.8, 4) is 0 Å². The van der Waals surface area contributed by atoms with Gasteiger partial charge in [0.05, 0.1) is 17.5 Å². The first-order chi connectivity index (χ1) is 14.4. The van der Waals surface area contributed by atoms with Crippen molar-refractivity contribution in [2.24, 2.45) is 0 Å². The van der Waals surface area contributed by atoms with E-state index >= 15 is 0 Å². The van der Waals surface area contributed by atoms with Crippen LogP contribution >= 0.6 is 0 Å². The van der Waals surface area contributed by atoms with Crippen LogP contribution in [0.4, 0.5) is 0 Å². The van der Waals surface area contributed by atoms with Gasteiger partial charge in [-0.25, -0.2) is 13.1 Å². The van der Waals surface area contributed by atoms with E-state index in [2.05, 4.69) is 4.72 Å². The molecule has 0 saturated carbocycles. The highest BCUT2D eigenvalue weighted by Gasteiger charge is 2.32. The molecule has 0 aliphatic heterocycles. The quantitative estimate of drug-likeness (QED) is 0.560. The fraction of sp³-hybridized carbons (Fsp3) is 0.208. The van der Waals surface area contributed by atoms with Gasteiger partial charge in [0.2, 0.25) is 10.0 Å². The molecule has 30 heavy (non-hydrogen) atoms. The van der Waals surface area contributed by atoms with E-state index in [0.29, 0.717) is 5.56 Å². The fourth-order valence-corrected chi connectivity index (χ4v) is 4.35. The minimum Gasteiger partial charge on any atom is -0.364 e. The molecular formula is C24H25NO4S.